The molecular formula is C21H22N4O3. The summed E-state index contributed by atoms with van der Waals surface area (Å²) in [5.74, 6) is 0.934. The highest BCUT2D eigenvalue weighted by atomic mass is 16.5. The summed E-state index contributed by atoms with van der Waals surface area (Å²) in [6.07, 6.45) is 5.19. The van der Waals surface area contributed by atoms with Gasteiger partial charge in [-0.1, -0.05) is 18.2 Å². The van der Waals surface area contributed by atoms with Crippen molar-refractivity contribution in [3.05, 3.63) is 53.7 Å². The van der Waals surface area contributed by atoms with Crippen molar-refractivity contribution in [1.29, 1.82) is 0 Å². The quantitative estimate of drug-likeness (QED) is 0.850. The lowest BCUT2D eigenvalue weighted by Gasteiger charge is -2.32. The Labute approximate surface area is 163 Å². The van der Waals surface area contributed by atoms with E-state index in [1.165, 1.54) is 0 Å². The molecule has 2 amide bonds. The van der Waals surface area contributed by atoms with Gasteiger partial charge in [0.1, 0.15) is 18.2 Å². The molecule has 1 aromatic heterocycles. The van der Waals surface area contributed by atoms with Gasteiger partial charge in [-0.15, -0.1) is 0 Å². The van der Waals surface area contributed by atoms with Crippen molar-refractivity contribution in [1.82, 2.24) is 4.98 Å². The fourth-order valence-electron chi connectivity index (χ4n) is 3.52. The summed E-state index contributed by atoms with van der Waals surface area (Å²) < 4.78 is 5.63. The maximum atomic E-state index is 12.5. The van der Waals surface area contributed by atoms with Crippen molar-refractivity contribution >= 4 is 29.4 Å². The van der Waals surface area contributed by atoms with Crippen LogP contribution in [-0.2, 0) is 9.59 Å². The molecule has 7 heteroatoms. The van der Waals surface area contributed by atoms with E-state index < -0.39 is 0 Å². The van der Waals surface area contributed by atoms with Gasteiger partial charge in [-0.25, -0.2) is 4.98 Å². The Balaban J connectivity index is 1.42. The number of hydrogen-bond donors (Lipinski definition) is 2. The molecule has 0 spiro atoms. The van der Waals surface area contributed by atoms with Crippen molar-refractivity contribution in [2.45, 2.75) is 12.8 Å². The number of fused-ring (bicyclic) bond motifs is 1. The van der Waals surface area contributed by atoms with Crippen LogP contribution >= 0.6 is 0 Å². The van der Waals surface area contributed by atoms with Crippen LogP contribution in [0.5, 0.6) is 5.75 Å². The third kappa shape index (κ3) is 3.83. The Bertz CT molecular complexity index is 924. The summed E-state index contributed by atoms with van der Waals surface area (Å²) in [5, 5.41) is 2.86. The normalized spacial score (nSPS) is 18.5. The molecule has 1 unspecified atom stereocenters. The van der Waals surface area contributed by atoms with Crippen molar-refractivity contribution in [2.75, 3.05) is 29.9 Å². The molecule has 2 aliphatic heterocycles. The first-order valence-electron chi connectivity index (χ1n) is 9.34. The van der Waals surface area contributed by atoms with Crippen LogP contribution in [0.2, 0.25) is 0 Å². The number of nitrogens with zero attached hydrogens (tertiary/aromatic N) is 2. The van der Waals surface area contributed by atoms with Crippen LogP contribution in [0.25, 0.3) is 6.08 Å². The van der Waals surface area contributed by atoms with E-state index in [9.17, 15) is 9.59 Å². The molecule has 2 aliphatic rings. The summed E-state index contributed by atoms with van der Waals surface area (Å²) in [7, 11) is 0. The number of nitrogens with two attached hydrogens (primary N) is 1. The minimum atomic E-state index is -0.266. The molecule has 1 saturated heterocycles. The predicted molar refractivity (Wildman–Crippen MR) is 107 cm³/mol. The number of pyridine rings is 1. The van der Waals surface area contributed by atoms with Crippen LogP contribution in [0.15, 0.2) is 48.2 Å². The molecule has 4 rings (SSSR count). The maximum Gasteiger partial charge on any atom is 0.255 e. The van der Waals surface area contributed by atoms with E-state index >= 15 is 0 Å². The van der Waals surface area contributed by atoms with E-state index in [-0.39, 0.29) is 24.3 Å². The Morgan fingerprint density at radius 1 is 1.21 bits per heavy atom. The smallest absolute Gasteiger partial charge is 0.255 e. The number of amides is 2. The van der Waals surface area contributed by atoms with Crippen molar-refractivity contribution in [2.24, 2.45) is 11.7 Å². The summed E-state index contributed by atoms with van der Waals surface area (Å²) >= 11 is 0. The summed E-state index contributed by atoms with van der Waals surface area (Å²) in [4.78, 5) is 30.5. The van der Waals surface area contributed by atoms with Crippen LogP contribution in [0.1, 0.15) is 18.4 Å². The Morgan fingerprint density at radius 2 is 2.07 bits per heavy atom. The highest BCUT2D eigenvalue weighted by Gasteiger charge is 2.24. The fraction of sp³-hybridized carbons (Fsp3) is 0.286. The molecular weight excluding hydrogens is 356 g/mol. The Kier molecular flexibility index (Phi) is 4.97. The van der Waals surface area contributed by atoms with E-state index in [4.69, 9.17) is 10.5 Å². The molecule has 144 valence electrons. The van der Waals surface area contributed by atoms with Gasteiger partial charge >= 0.3 is 0 Å². The van der Waals surface area contributed by atoms with Gasteiger partial charge in [-0.05, 0) is 37.1 Å². The number of ether oxygens (including phenoxy) is 1. The Hall–Kier alpha value is -3.35. The minimum absolute atomic E-state index is 0.143. The number of nitrogens with one attached hydrogen (secondary N) is 1. The lowest BCUT2D eigenvalue weighted by molar-refractivity contribution is -0.122. The molecule has 28 heavy (non-hydrogen) atoms. The second-order valence-corrected chi connectivity index (χ2v) is 7.04. The van der Waals surface area contributed by atoms with Gasteiger partial charge in [0.25, 0.3) is 5.91 Å². The summed E-state index contributed by atoms with van der Waals surface area (Å²) in [5.41, 5.74) is 7.50. The first-order chi connectivity index (χ1) is 13.6. The molecule has 2 aromatic rings. The zero-order valence-electron chi connectivity index (χ0n) is 15.4. The average Bonchev–Trinajstić information content (AvgIpc) is 2.74. The largest absolute Gasteiger partial charge is 0.488 e. The van der Waals surface area contributed by atoms with Gasteiger partial charge in [-0.3, -0.25) is 9.59 Å². The lowest BCUT2D eigenvalue weighted by Crippen LogP contribution is -2.41. The van der Waals surface area contributed by atoms with Crippen molar-refractivity contribution < 1.29 is 14.3 Å². The summed E-state index contributed by atoms with van der Waals surface area (Å²) in [6.45, 7) is 1.65. The monoisotopic (exact) mass is 378 g/mol. The molecule has 0 radical (unpaired) electrons. The zero-order chi connectivity index (χ0) is 19.5. The SMILES string of the molecule is NC(=O)C1CCCN(c2ccc(NC(=O)C3=Cc4ccccc4OC3)cn2)C1. The molecule has 3 N–H and O–H groups in total. The van der Waals surface area contributed by atoms with Gasteiger partial charge in [0.05, 0.1) is 23.4 Å². The second kappa shape index (κ2) is 7.72. The van der Waals surface area contributed by atoms with Crippen LogP contribution < -0.4 is 20.7 Å². The van der Waals surface area contributed by atoms with Gasteiger partial charge < -0.3 is 20.7 Å². The molecule has 0 aliphatic carbocycles. The van der Waals surface area contributed by atoms with Crippen LogP contribution in [-0.4, -0.2) is 36.5 Å². The van der Waals surface area contributed by atoms with Crippen LogP contribution in [0, 0.1) is 5.92 Å². The van der Waals surface area contributed by atoms with E-state index in [2.05, 4.69) is 15.2 Å². The third-order valence-electron chi connectivity index (χ3n) is 5.08. The molecule has 1 fully saturated rings. The number of benzene rings is 1. The predicted octanol–water partition coefficient (Wildman–Crippen LogP) is 2.20. The molecule has 0 bridgehead atoms. The molecule has 7 nitrogen and oxygen atoms in total. The fourth-order valence-corrected chi connectivity index (χ4v) is 3.52. The van der Waals surface area contributed by atoms with E-state index in [0.717, 1.165) is 36.5 Å². The number of anilines is 2. The van der Waals surface area contributed by atoms with Gasteiger partial charge in [0.2, 0.25) is 5.91 Å². The van der Waals surface area contributed by atoms with E-state index in [1.54, 1.807) is 6.20 Å². The zero-order valence-corrected chi connectivity index (χ0v) is 15.4. The van der Waals surface area contributed by atoms with Crippen molar-refractivity contribution in [3.63, 3.8) is 0 Å². The average molecular weight is 378 g/mol. The highest BCUT2D eigenvalue weighted by Crippen LogP contribution is 2.26. The number of piperidine rings is 1. The molecule has 3 heterocycles. The summed E-state index contributed by atoms with van der Waals surface area (Å²) in [6, 6.07) is 11.3. The molecule has 1 aromatic carbocycles. The standard InChI is InChI=1S/C21H22N4O3/c22-20(26)15-5-3-9-25(12-15)19-8-7-17(11-23-19)24-21(27)16-10-14-4-1-2-6-18(14)28-13-16/h1-2,4,6-8,10-11,15H,3,5,9,12-13H2,(H2,22,26)(H,24,27). The van der Waals surface area contributed by atoms with Gasteiger partial charge in [0, 0.05) is 18.7 Å². The maximum absolute atomic E-state index is 12.5. The first-order valence-corrected chi connectivity index (χ1v) is 9.34. The minimum Gasteiger partial charge on any atom is -0.488 e. The molecule has 1 atom stereocenters. The number of hydrogen-bond acceptors (Lipinski definition) is 5. The van der Waals surface area contributed by atoms with E-state index in [0.29, 0.717) is 17.8 Å². The number of aromatic nitrogens is 1. The Morgan fingerprint density at radius 3 is 2.86 bits per heavy atom. The number of primary amides is 1. The van der Waals surface area contributed by atoms with Crippen LogP contribution in [0.3, 0.4) is 0 Å². The van der Waals surface area contributed by atoms with Crippen molar-refractivity contribution in [3.8, 4) is 5.75 Å². The number of carbonyl (C=O) groups is 2. The van der Waals surface area contributed by atoms with Gasteiger partial charge in [0.15, 0.2) is 0 Å². The number of rotatable bonds is 4. The topological polar surface area (TPSA) is 97.6 Å². The third-order valence-corrected chi connectivity index (χ3v) is 5.08. The number of para-hydroxylation sites is 1. The highest BCUT2D eigenvalue weighted by molar-refractivity contribution is 6.07. The lowest BCUT2D eigenvalue weighted by atomic mass is 9.97. The van der Waals surface area contributed by atoms with Crippen LogP contribution in [0.4, 0.5) is 11.5 Å². The first kappa shape index (κ1) is 18.0. The van der Waals surface area contributed by atoms with E-state index in [1.807, 2.05) is 42.5 Å². The molecule has 0 saturated carbocycles. The number of carbonyl (C=O) groups excluding carboxylic acids is 2. The van der Waals surface area contributed by atoms with Gasteiger partial charge in [-0.2, -0.15) is 0 Å². The second-order valence-electron chi connectivity index (χ2n) is 7.04.